The Morgan fingerprint density at radius 3 is 2.13 bits per heavy atom. The summed E-state index contributed by atoms with van der Waals surface area (Å²) in [6, 6.07) is 39.0. The summed E-state index contributed by atoms with van der Waals surface area (Å²) in [5.41, 5.74) is 10.9. The molecule has 0 bridgehead atoms. The lowest BCUT2D eigenvalue weighted by Crippen LogP contribution is -1.96. The van der Waals surface area contributed by atoms with Gasteiger partial charge in [0.05, 0.1) is 11.0 Å². The van der Waals surface area contributed by atoms with Crippen LogP contribution in [0.1, 0.15) is 12.0 Å². The Bertz CT molecular complexity index is 1860. The summed E-state index contributed by atoms with van der Waals surface area (Å²) in [6.07, 6.45) is 13.6. The number of hydrogen-bond donors (Lipinski definition) is 0. The molecule has 0 fully saturated rings. The van der Waals surface area contributed by atoms with Crippen molar-refractivity contribution in [3.63, 3.8) is 0 Å². The summed E-state index contributed by atoms with van der Waals surface area (Å²) < 4.78 is 2.43. The lowest BCUT2D eigenvalue weighted by Gasteiger charge is -2.14. The Morgan fingerprint density at radius 2 is 1.34 bits per heavy atom. The van der Waals surface area contributed by atoms with Crippen LogP contribution >= 0.6 is 0 Å². The van der Waals surface area contributed by atoms with E-state index < -0.39 is 0 Å². The first-order valence-electron chi connectivity index (χ1n) is 13.0. The Balaban J connectivity index is 1.54. The molecule has 0 saturated heterocycles. The van der Waals surface area contributed by atoms with Crippen LogP contribution in [-0.4, -0.2) is 9.55 Å². The van der Waals surface area contributed by atoms with Crippen molar-refractivity contribution in [1.82, 2.24) is 9.55 Å². The molecule has 0 radical (unpaired) electrons. The molecule has 2 nitrogen and oxygen atoms in total. The van der Waals surface area contributed by atoms with Crippen molar-refractivity contribution in [2.45, 2.75) is 6.42 Å². The van der Waals surface area contributed by atoms with Crippen LogP contribution in [-0.2, 0) is 0 Å². The van der Waals surface area contributed by atoms with Gasteiger partial charge in [-0.2, -0.15) is 0 Å². The molecular formula is C36H26N2. The molecule has 180 valence electrons. The summed E-state index contributed by atoms with van der Waals surface area (Å²) in [4.78, 5) is 4.33. The third kappa shape index (κ3) is 3.88. The second-order valence-corrected chi connectivity index (χ2v) is 9.64. The molecule has 0 N–H and O–H groups in total. The molecule has 38 heavy (non-hydrogen) atoms. The highest BCUT2D eigenvalue weighted by atomic mass is 15.0. The fourth-order valence-corrected chi connectivity index (χ4v) is 5.53. The standard InChI is InChI=1S/C36H26N2/c1-3-11-26(12-4-1)30-23-33(28-13-5-2-6-14-28)36-34(24-30)32-18-7-8-19-35(32)38(36)31-17-9-15-27(20-21-31)29-16-10-22-37-25-29/h1-14,16-25H,15H2. The SMILES string of the molecule is C1=CC(n2c3ccccc3c3cc(-c4ccccc4)cc(-c4ccccc4)c32)=CC=C(c2cccnc2)C1. The molecule has 2 heteroatoms. The van der Waals surface area contributed by atoms with E-state index in [0.29, 0.717) is 0 Å². The van der Waals surface area contributed by atoms with Crippen LogP contribution in [0.25, 0.3) is 55.3 Å². The van der Waals surface area contributed by atoms with Crippen molar-refractivity contribution in [3.05, 3.63) is 151 Å². The van der Waals surface area contributed by atoms with Crippen LogP contribution in [0, 0.1) is 0 Å². The highest BCUT2D eigenvalue weighted by Crippen LogP contribution is 2.41. The smallest absolute Gasteiger partial charge is 0.0619 e. The van der Waals surface area contributed by atoms with Crippen LogP contribution in [0.2, 0.25) is 0 Å². The molecule has 0 spiro atoms. The molecule has 2 aromatic heterocycles. The molecule has 0 aliphatic heterocycles. The van der Waals surface area contributed by atoms with Gasteiger partial charge in [-0.1, -0.05) is 97.1 Å². The number of aromatic nitrogens is 2. The average molecular weight is 487 g/mol. The fraction of sp³-hybridized carbons (Fsp3) is 0.0278. The lowest BCUT2D eigenvalue weighted by atomic mass is 9.95. The van der Waals surface area contributed by atoms with Crippen molar-refractivity contribution in [1.29, 1.82) is 0 Å². The number of rotatable bonds is 4. The quantitative estimate of drug-likeness (QED) is 0.243. The molecule has 2 heterocycles. The van der Waals surface area contributed by atoms with E-state index in [-0.39, 0.29) is 0 Å². The second kappa shape index (κ2) is 9.49. The van der Waals surface area contributed by atoms with Crippen LogP contribution in [0.5, 0.6) is 0 Å². The molecule has 1 aliphatic rings. The largest absolute Gasteiger partial charge is 0.309 e. The van der Waals surface area contributed by atoms with Crippen molar-refractivity contribution >= 4 is 33.1 Å². The van der Waals surface area contributed by atoms with Gasteiger partial charge in [0.15, 0.2) is 0 Å². The third-order valence-electron chi connectivity index (χ3n) is 7.33. The van der Waals surface area contributed by atoms with Gasteiger partial charge in [-0.25, -0.2) is 0 Å². The minimum Gasteiger partial charge on any atom is -0.309 e. The molecule has 0 saturated carbocycles. The zero-order valence-electron chi connectivity index (χ0n) is 21.0. The van der Waals surface area contributed by atoms with E-state index in [4.69, 9.17) is 0 Å². The number of fused-ring (bicyclic) bond motifs is 3. The number of para-hydroxylation sites is 1. The van der Waals surface area contributed by atoms with E-state index in [9.17, 15) is 0 Å². The van der Waals surface area contributed by atoms with E-state index in [1.165, 1.54) is 49.6 Å². The Hall–Kier alpha value is -4.95. The molecular weight excluding hydrogens is 460 g/mol. The molecule has 0 amide bonds. The zero-order chi connectivity index (χ0) is 25.3. The van der Waals surface area contributed by atoms with Crippen molar-refractivity contribution in [2.75, 3.05) is 0 Å². The second-order valence-electron chi connectivity index (χ2n) is 9.64. The van der Waals surface area contributed by atoms with E-state index in [1.54, 1.807) is 0 Å². The number of allylic oxidation sites excluding steroid dienone is 6. The monoisotopic (exact) mass is 486 g/mol. The first-order chi connectivity index (χ1) is 18.9. The van der Waals surface area contributed by atoms with E-state index in [2.05, 4.69) is 137 Å². The van der Waals surface area contributed by atoms with Crippen molar-refractivity contribution in [3.8, 4) is 22.3 Å². The number of nitrogens with zero attached hydrogens (tertiary/aromatic N) is 2. The molecule has 0 atom stereocenters. The number of benzene rings is 4. The minimum absolute atomic E-state index is 0.868. The zero-order valence-corrected chi connectivity index (χ0v) is 21.0. The highest BCUT2D eigenvalue weighted by molar-refractivity contribution is 6.16. The normalized spacial score (nSPS) is 13.4. The number of hydrogen-bond acceptors (Lipinski definition) is 1. The van der Waals surface area contributed by atoms with E-state index in [0.717, 1.165) is 17.7 Å². The summed E-state index contributed by atoms with van der Waals surface area (Å²) in [6.45, 7) is 0. The Morgan fingerprint density at radius 1 is 0.605 bits per heavy atom. The molecule has 7 rings (SSSR count). The van der Waals surface area contributed by atoms with Gasteiger partial charge in [-0.05, 0) is 70.7 Å². The van der Waals surface area contributed by atoms with Crippen LogP contribution < -0.4 is 0 Å². The maximum atomic E-state index is 4.33. The van der Waals surface area contributed by atoms with Gasteiger partial charge < -0.3 is 4.57 Å². The predicted octanol–water partition coefficient (Wildman–Crippen LogP) is 9.41. The summed E-state index contributed by atoms with van der Waals surface area (Å²) in [5.74, 6) is 0. The van der Waals surface area contributed by atoms with E-state index in [1.807, 2.05) is 18.5 Å². The third-order valence-corrected chi connectivity index (χ3v) is 7.33. The van der Waals surface area contributed by atoms with Crippen molar-refractivity contribution in [2.24, 2.45) is 0 Å². The van der Waals surface area contributed by atoms with Gasteiger partial charge in [0.2, 0.25) is 0 Å². The summed E-state index contributed by atoms with van der Waals surface area (Å²) in [5, 5.41) is 2.52. The van der Waals surface area contributed by atoms with E-state index >= 15 is 0 Å². The van der Waals surface area contributed by atoms with Gasteiger partial charge >= 0.3 is 0 Å². The lowest BCUT2D eigenvalue weighted by molar-refractivity contribution is 1.24. The fourth-order valence-electron chi connectivity index (χ4n) is 5.53. The topological polar surface area (TPSA) is 17.8 Å². The molecule has 6 aromatic rings. The average Bonchev–Trinajstić information content (AvgIpc) is 3.13. The highest BCUT2D eigenvalue weighted by Gasteiger charge is 2.19. The predicted molar refractivity (Wildman–Crippen MR) is 161 cm³/mol. The van der Waals surface area contributed by atoms with Gasteiger partial charge in [-0.15, -0.1) is 0 Å². The van der Waals surface area contributed by atoms with Gasteiger partial charge in [0.25, 0.3) is 0 Å². The van der Waals surface area contributed by atoms with Gasteiger partial charge in [0.1, 0.15) is 0 Å². The first kappa shape index (κ1) is 22.3. The molecule has 4 aromatic carbocycles. The number of pyridine rings is 1. The van der Waals surface area contributed by atoms with Crippen LogP contribution in [0.3, 0.4) is 0 Å². The first-order valence-corrected chi connectivity index (χ1v) is 13.0. The minimum atomic E-state index is 0.868. The van der Waals surface area contributed by atoms with Crippen LogP contribution in [0.4, 0.5) is 0 Å². The maximum Gasteiger partial charge on any atom is 0.0619 e. The maximum absolute atomic E-state index is 4.33. The molecule has 0 unspecified atom stereocenters. The Kier molecular flexibility index (Phi) is 5.56. The van der Waals surface area contributed by atoms with Crippen molar-refractivity contribution < 1.29 is 0 Å². The summed E-state index contributed by atoms with van der Waals surface area (Å²) in [7, 11) is 0. The van der Waals surface area contributed by atoms with Crippen LogP contribution in [0.15, 0.2) is 146 Å². The summed E-state index contributed by atoms with van der Waals surface area (Å²) >= 11 is 0. The Labute approximate surface area is 222 Å². The van der Waals surface area contributed by atoms with Gasteiger partial charge in [-0.3, -0.25) is 4.98 Å². The van der Waals surface area contributed by atoms with Gasteiger partial charge in [0, 0.05) is 34.4 Å². The molecule has 1 aliphatic carbocycles.